The highest BCUT2D eigenvalue weighted by Crippen LogP contribution is 2.21. The highest BCUT2D eigenvalue weighted by atomic mass is 16.6. The standard InChI is InChI=1S/C20H23N5O4/c1-15(16-6-8-17(9-7-16)24-14-21-13-22-24)23(2)11-19(26)12-29-20-5-3-4-18(10-20)25(27)28/h3-10,13-15,19,26H,11-12H2,1-2H3. The van der Waals surface area contributed by atoms with E-state index in [0.717, 1.165) is 11.3 Å². The lowest BCUT2D eigenvalue weighted by Gasteiger charge is -2.27. The van der Waals surface area contributed by atoms with Crippen LogP contribution in [-0.4, -0.2) is 56.0 Å². The summed E-state index contributed by atoms with van der Waals surface area (Å²) in [5, 5.41) is 25.2. The molecule has 2 aromatic carbocycles. The van der Waals surface area contributed by atoms with E-state index in [9.17, 15) is 15.2 Å². The van der Waals surface area contributed by atoms with Crippen LogP contribution in [0.2, 0.25) is 0 Å². The summed E-state index contributed by atoms with van der Waals surface area (Å²) in [5.41, 5.74) is 1.98. The molecule has 29 heavy (non-hydrogen) atoms. The molecule has 0 bridgehead atoms. The van der Waals surface area contributed by atoms with Crippen LogP contribution < -0.4 is 4.74 Å². The largest absolute Gasteiger partial charge is 0.491 e. The molecule has 9 nitrogen and oxygen atoms in total. The van der Waals surface area contributed by atoms with Gasteiger partial charge in [0.05, 0.1) is 16.7 Å². The first-order valence-electron chi connectivity index (χ1n) is 9.14. The van der Waals surface area contributed by atoms with Crippen LogP contribution in [0.5, 0.6) is 5.75 Å². The fourth-order valence-electron chi connectivity index (χ4n) is 2.92. The van der Waals surface area contributed by atoms with Crippen molar-refractivity contribution in [3.05, 3.63) is 76.9 Å². The molecule has 0 fully saturated rings. The Labute approximate surface area is 168 Å². The van der Waals surface area contributed by atoms with Crippen LogP contribution in [0, 0.1) is 10.1 Å². The van der Waals surface area contributed by atoms with E-state index in [4.69, 9.17) is 4.74 Å². The first-order chi connectivity index (χ1) is 13.9. The Morgan fingerprint density at radius 1 is 1.28 bits per heavy atom. The molecule has 0 saturated heterocycles. The molecule has 1 N–H and O–H groups in total. The van der Waals surface area contributed by atoms with E-state index in [1.807, 2.05) is 36.2 Å². The number of nitro benzene ring substituents is 1. The Balaban J connectivity index is 1.53. The molecule has 0 spiro atoms. The SMILES string of the molecule is CC(c1ccc(-n2cncn2)cc1)N(C)CC(O)COc1cccc([N+](=O)[O-])c1. The van der Waals surface area contributed by atoms with Gasteiger partial charge in [-0.3, -0.25) is 15.0 Å². The summed E-state index contributed by atoms with van der Waals surface area (Å²) < 4.78 is 7.19. The Bertz CT molecular complexity index is 930. The maximum absolute atomic E-state index is 10.8. The van der Waals surface area contributed by atoms with Crippen molar-refractivity contribution in [2.24, 2.45) is 0 Å². The summed E-state index contributed by atoms with van der Waals surface area (Å²) in [6.07, 6.45) is 2.39. The number of benzene rings is 2. The zero-order valence-electron chi connectivity index (χ0n) is 16.3. The second-order valence-electron chi connectivity index (χ2n) is 6.77. The monoisotopic (exact) mass is 397 g/mol. The van der Waals surface area contributed by atoms with Gasteiger partial charge < -0.3 is 9.84 Å². The van der Waals surface area contributed by atoms with Crippen molar-refractivity contribution >= 4 is 5.69 Å². The zero-order valence-corrected chi connectivity index (χ0v) is 16.3. The van der Waals surface area contributed by atoms with E-state index in [-0.39, 0.29) is 18.3 Å². The maximum Gasteiger partial charge on any atom is 0.273 e. The molecule has 0 amide bonds. The third-order valence-electron chi connectivity index (χ3n) is 4.69. The van der Waals surface area contributed by atoms with Gasteiger partial charge in [0, 0.05) is 18.7 Å². The molecule has 1 heterocycles. The molecule has 3 rings (SSSR count). The molecule has 0 saturated carbocycles. The highest BCUT2D eigenvalue weighted by molar-refractivity contribution is 5.38. The van der Waals surface area contributed by atoms with Gasteiger partial charge >= 0.3 is 0 Å². The topological polar surface area (TPSA) is 107 Å². The number of rotatable bonds is 9. The van der Waals surface area contributed by atoms with Crippen molar-refractivity contribution in [1.29, 1.82) is 0 Å². The van der Waals surface area contributed by atoms with E-state index in [1.165, 1.54) is 18.5 Å². The molecule has 9 heteroatoms. The summed E-state index contributed by atoms with van der Waals surface area (Å²) in [6.45, 7) is 2.49. The van der Waals surface area contributed by atoms with Crippen LogP contribution in [-0.2, 0) is 0 Å². The zero-order chi connectivity index (χ0) is 20.8. The van der Waals surface area contributed by atoms with E-state index < -0.39 is 11.0 Å². The molecule has 152 valence electrons. The summed E-state index contributed by atoms with van der Waals surface area (Å²) in [5.74, 6) is 0.359. The van der Waals surface area contributed by atoms with Crippen molar-refractivity contribution in [2.75, 3.05) is 20.2 Å². The molecule has 0 aliphatic rings. The van der Waals surface area contributed by atoms with Gasteiger partial charge in [0.15, 0.2) is 0 Å². The number of aliphatic hydroxyl groups excluding tert-OH is 1. The number of hydrogen-bond acceptors (Lipinski definition) is 7. The van der Waals surface area contributed by atoms with Gasteiger partial charge in [-0.05, 0) is 37.7 Å². The van der Waals surface area contributed by atoms with Gasteiger partial charge in [0.25, 0.3) is 5.69 Å². The fraction of sp³-hybridized carbons (Fsp3) is 0.300. The average Bonchev–Trinajstić information content (AvgIpc) is 3.27. The van der Waals surface area contributed by atoms with Crippen LogP contribution in [0.4, 0.5) is 5.69 Å². The summed E-state index contributed by atoms with van der Waals surface area (Å²) in [4.78, 5) is 16.3. The second kappa shape index (κ2) is 9.26. The number of hydrogen-bond donors (Lipinski definition) is 1. The van der Waals surface area contributed by atoms with Gasteiger partial charge in [-0.15, -0.1) is 0 Å². The normalized spacial score (nSPS) is 13.2. The summed E-state index contributed by atoms with van der Waals surface area (Å²) >= 11 is 0. The smallest absolute Gasteiger partial charge is 0.273 e. The van der Waals surface area contributed by atoms with Crippen LogP contribution in [0.25, 0.3) is 5.69 Å². The Morgan fingerprint density at radius 2 is 2.03 bits per heavy atom. The molecule has 2 unspecified atom stereocenters. The van der Waals surface area contributed by atoms with E-state index in [1.54, 1.807) is 23.1 Å². The molecule has 1 aromatic heterocycles. The molecule has 0 aliphatic carbocycles. The Morgan fingerprint density at radius 3 is 2.69 bits per heavy atom. The third-order valence-corrected chi connectivity index (χ3v) is 4.69. The van der Waals surface area contributed by atoms with Gasteiger partial charge in [-0.1, -0.05) is 18.2 Å². The minimum Gasteiger partial charge on any atom is -0.491 e. The number of ether oxygens (including phenoxy) is 1. The molecule has 0 radical (unpaired) electrons. The molecular formula is C20H23N5O4. The minimum atomic E-state index is -0.740. The molecule has 3 aromatic rings. The number of aliphatic hydroxyl groups is 1. The van der Waals surface area contributed by atoms with Crippen molar-refractivity contribution in [3.63, 3.8) is 0 Å². The molecule has 2 atom stereocenters. The lowest BCUT2D eigenvalue weighted by Crippen LogP contribution is -2.34. The van der Waals surface area contributed by atoms with Crippen molar-refractivity contribution in [2.45, 2.75) is 19.1 Å². The molecule has 0 aliphatic heterocycles. The fourth-order valence-corrected chi connectivity index (χ4v) is 2.92. The summed E-state index contributed by atoms with van der Waals surface area (Å²) in [7, 11) is 1.92. The summed E-state index contributed by atoms with van der Waals surface area (Å²) in [6, 6.07) is 14.0. The van der Waals surface area contributed by atoms with Crippen molar-refractivity contribution < 1.29 is 14.8 Å². The third kappa shape index (κ3) is 5.37. The highest BCUT2D eigenvalue weighted by Gasteiger charge is 2.17. The van der Waals surface area contributed by atoms with Crippen molar-refractivity contribution in [1.82, 2.24) is 19.7 Å². The van der Waals surface area contributed by atoms with Crippen LogP contribution in [0.1, 0.15) is 18.5 Å². The van der Waals surface area contributed by atoms with Crippen LogP contribution in [0.3, 0.4) is 0 Å². The number of non-ortho nitro benzene ring substituents is 1. The van der Waals surface area contributed by atoms with E-state index in [2.05, 4.69) is 17.0 Å². The van der Waals surface area contributed by atoms with E-state index >= 15 is 0 Å². The van der Waals surface area contributed by atoms with Gasteiger partial charge in [-0.25, -0.2) is 9.67 Å². The van der Waals surface area contributed by atoms with E-state index in [0.29, 0.717) is 12.3 Å². The van der Waals surface area contributed by atoms with Crippen LogP contribution in [0.15, 0.2) is 61.2 Å². The molecular weight excluding hydrogens is 374 g/mol. The van der Waals surface area contributed by atoms with Crippen LogP contribution >= 0.6 is 0 Å². The predicted molar refractivity (Wildman–Crippen MR) is 107 cm³/mol. The second-order valence-corrected chi connectivity index (χ2v) is 6.77. The Kier molecular flexibility index (Phi) is 6.53. The number of nitro groups is 1. The van der Waals surface area contributed by atoms with Gasteiger partial charge in [-0.2, -0.15) is 5.10 Å². The lowest BCUT2D eigenvalue weighted by molar-refractivity contribution is -0.384. The Hall–Kier alpha value is -3.30. The maximum atomic E-state index is 10.8. The van der Waals surface area contributed by atoms with Gasteiger partial charge in [0.2, 0.25) is 0 Å². The number of aromatic nitrogens is 3. The first-order valence-corrected chi connectivity index (χ1v) is 9.14. The lowest BCUT2D eigenvalue weighted by atomic mass is 10.1. The van der Waals surface area contributed by atoms with Crippen molar-refractivity contribution in [3.8, 4) is 11.4 Å². The quantitative estimate of drug-likeness (QED) is 0.437. The minimum absolute atomic E-state index is 0.0444. The average molecular weight is 397 g/mol. The predicted octanol–water partition coefficient (Wildman–Crippen LogP) is 2.61. The first kappa shape index (κ1) is 20.4. The number of likely N-dealkylation sites (N-methyl/N-ethyl adjacent to an activating group) is 1. The van der Waals surface area contributed by atoms with Gasteiger partial charge in [0.1, 0.15) is 31.1 Å². The number of nitrogens with zero attached hydrogens (tertiary/aromatic N) is 5.